The van der Waals surface area contributed by atoms with Gasteiger partial charge in [-0.3, -0.25) is 4.79 Å². The number of sulfonamides is 1. The van der Waals surface area contributed by atoms with Crippen LogP contribution in [0.25, 0.3) is 0 Å². The van der Waals surface area contributed by atoms with Gasteiger partial charge in [0, 0.05) is 30.2 Å². The van der Waals surface area contributed by atoms with Crippen molar-refractivity contribution in [2.45, 2.75) is 56.4 Å². The molecule has 4 bridgehead atoms. The summed E-state index contributed by atoms with van der Waals surface area (Å²) in [4.78, 5) is 13.1. The molecule has 0 saturated heterocycles. The molecule has 4 aliphatic rings. The first-order valence-corrected chi connectivity index (χ1v) is 12.4. The smallest absolute Gasteiger partial charge is 0.251 e. The number of benzene rings is 1. The molecule has 154 valence electrons. The van der Waals surface area contributed by atoms with Crippen LogP contribution in [0.3, 0.4) is 0 Å². The zero-order valence-corrected chi connectivity index (χ0v) is 19.1. The van der Waals surface area contributed by atoms with Gasteiger partial charge >= 0.3 is 0 Å². The zero-order valence-electron chi connectivity index (χ0n) is 16.7. The Morgan fingerprint density at radius 3 is 2.18 bits per heavy atom. The summed E-state index contributed by atoms with van der Waals surface area (Å²) in [5.41, 5.74) is 0.610. The van der Waals surface area contributed by atoms with Crippen LogP contribution in [0.1, 0.15) is 55.8 Å². The number of hydrogen-bond acceptors (Lipinski definition) is 3. The van der Waals surface area contributed by atoms with Crippen molar-refractivity contribution in [3.63, 3.8) is 0 Å². The number of nitrogens with zero attached hydrogens (tertiary/aromatic N) is 1. The van der Waals surface area contributed by atoms with E-state index >= 15 is 0 Å². The molecular formula is C21H29BrN2O3S. The first-order chi connectivity index (χ1) is 13.1. The number of amides is 1. The predicted octanol–water partition coefficient (Wildman–Crippen LogP) is 4.03. The molecule has 0 spiro atoms. The van der Waals surface area contributed by atoms with Gasteiger partial charge in [-0.15, -0.1) is 0 Å². The fourth-order valence-corrected chi connectivity index (χ4v) is 8.02. The minimum Gasteiger partial charge on any atom is -0.349 e. The first kappa shape index (κ1) is 20.4. The van der Waals surface area contributed by atoms with Crippen molar-refractivity contribution in [2.75, 3.05) is 14.1 Å². The molecule has 7 heteroatoms. The molecule has 1 N–H and O–H groups in total. The van der Waals surface area contributed by atoms with Crippen molar-refractivity contribution in [3.8, 4) is 0 Å². The maximum atomic E-state index is 13.0. The highest BCUT2D eigenvalue weighted by Crippen LogP contribution is 2.61. The highest BCUT2D eigenvalue weighted by Gasteiger charge is 2.53. The monoisotopic (exact) mass is 468 g/mol. The van der Waals surface area contributed by atoms with Crippen molar-refractivity contribution in [1.29, 1.82) is 0 Å². The summed E-state index contributed by atoms with van der Waals surface area (Å²) in [6, 6.07) is 4.90. The molecule has 4 fully saturated rings. The van der Waals surface area contributed by atoms with Gasteiger partial charge in [0.1, 0.15) is 0 Å². The van der Waals surface area contributed by atoms with Crippen LogP contribution >= 0.6 is 15.9 Å². The van der Waals surface area contributed by atoms with Gasteiger partial charge in [0.05, 0.1) is 4.90 Å². The zero-order chi connectivity index (χ0) is 20.3. The molecule has 1 aromatic rings. The Kier molecular flexibility index (Phi) is 5.16. The van der Waals surface area contributed by atoms with E-state index in [4.69, 9.17) is 0 Å². The lowest BCUT2D eigenvalue weighted by Gasteiger charge is -2.59. The Morgan fingerprint density at radius 1 is 1.14 bits per heavy atom. The van der Waals surface area contributed by atoms with E-state index in [1.807, 2.05) is 0 Å². The highest BCUT2D eigenvalue weighted by molar-refractivity contribution is 9.10. The largest absolute Gasteiger partial charge is 0.349 e. The van der Waals surface area contributed by atoms with E-state index in [9.17, 15) is 13.2 Å². The summed E-state index contributed by atoms with van der Waals surface area (Å²) < 4.78 is 26.7. The fraction of sp³-hybridized carbons (Fsp3) is 0.667. The quantitative estimate of drug-likeness (QED) is 0.708. The fourth-order valence-electron chi connectivity index (χ4n) is 6.18. The average molecular weight is 469 g/mol. The highest BCUT2D eigenvalue weighted by atomic mass is 79.9. The van der Waals surface area contributed by atoms with E-state index in [2.05, 4.69) is 28.2 Å². The molecule has 0 radical (unpaired) electrons. The van der Waals surface area contributed by atoms with Crippen LogP contribution in [0.15, 0.2) is 27.6 Å². The molecular weight excluding hydrogens is 440 g/mol. The van der Waals surface area contributed by atoms with Crippen LogP contribution in [0.5, 0.6) is 0 Å². The Balaban J connectivity index is 1.54. The van der Waals surface area contributed by atoms with Gasteiger partial charge in [-0.1, -0.05) is 0 Å². The molecule has 0 heterocycles. The normalized spacial score (nSPS) is 32.5. The summed E-state index contributed by atoms with van der Waals surface area (Å²) in [5, 5.41) is 3.22. The van der Waals surface area contributed by atoms with Gasteiger partial charge in [0.2, 0.25) is 10.0 Å². The summed E-state index contributed by atoms with van der Waals surface area (Å²) in [6.07, 6.45) is 7.79. The number of carbonyl (C=O) groups excluding carboxylic acids is 1. The summed E-state index contributed by atoms with van der Waals surface area (Å²) in [7, 11) is -0.643. The van der Waals surface area contributed by atoms with Crippen molar-refractivity contribution >= 4 is 31.9 Å². The third-order valence-corrected chi connectivity index (χ3v) is 10.1. The second-order valence-corrected chi connectivity index (χ2v) is 12.4. The molecule has 4 aliphatic carbocycles. The molecule has 1 aromatic carbocycles. The number of carbonyl (C=O) groups is 1. The molecule has 1 unspecified atom stereocenters. The van der Waals surface area contributed by atoms with E-state index in [1.54, 1.807) is 12.1 Å². The topological polar surface area (TPSA) is 66.5 Å². The minimum atomic E-state index is -3.62. The van der Waals surface area contributed by atoms with Crippen molar-refractivity contribution in [3.05, 3.63) is 28.2 Å². The van der Waals surface area contributed by atoms with Gasteiger partial charge < -0.3 is 5.32 Å². The predicted molar refractivity (Wildman–Crippen MR) is 113 cm³/mol. The molecule has 1 atom stereocenters. The number of hydrogen-bond donors (Lipinski definition) is 1. The van der Waals surface area contributed by atoms with Crippen LogP contribution < -0.4 is 5.32 Å². The average Bonchev–Trinajstić information content (AvgIpc) is 2.60. The lowest BCUT2D eigenvalue weighted by Crippen LogP contribution is -2.55. The second-order valence-electron chi connectivity index (χ2n) is 9.41. The van der Waals surface area contributed by atoms with Crippen LogP contribution in [-0.4, -0.2) is 38.8 Å². The lowest BCUT2D eigenvalue weighted by molar-refractivity contribution is -0.0688. The molecule has 5 rings (SSSR count). The van der Waals surface area contributed by atoms with Crippen molar-refractivity contribution in [2.24, 2.45) is 23.2 Å². The Morgan fingerprint density at radius 2 is 1.68 bits per heavy atom. The van der Waals surface area contributed by atoms with E-state index < -0.39 is 10.0 Å². The van der Waals surface area contributed by atoms with Gasteiger partial charge in [-0.2, -0.15) is 0 Å². The summed E-state index contributed by atoms with van der Waals surface area (Å²) in [6.45, 7) is 2.14. The molecule has 0 aliphatic heterocycles. The molecule has 0 aromatic heterocycles. The first-order valence-electron chi connectivity index (χ1n) is 10.1. The summed E-state index contributed by atoms with van der Waals surface area (Å²) in [5.74, 6) is 2.30. The number of rotatable bonds is 5. The lowest BCUT2D eigenvalue weighted by atomic mass is 9.48. The van der Waals surface area contributed by atoms with Crippen molar-refractivity contribution in [1.82, 2.24) is 9.62 Å². The van der Waals surface area contributed by atoms with Crippen LogP contribution in [-0.2, 0) is 10.0 Å². The second kappa shape index (κ2) is 7.10. The van der Waals surface area contributed by atoms with Crippen LogP contribution in [0.2, 0.25) is 0 Å². The van der Waals surface area contributed by atoms with E-state index in [1.165, 1.54) is 58.7 Å². The van der Waals surface area contributed by atoms with E-state index in [0.29, 0.717) is 10.0 Å². The maximum Gasteiger partial charge on any atom is 0.251 e. The molecule has 1 amide bonds. The van der Waals surface area contributed by atoms with Gasteiger partial charge in [-0.25, -0.2) is 12.7 Å². The standard InChI is InChI=1S/C21H29BrN2O3S/c1-13(21-10-14-6-15(11-21)8-16(7-14)12-21)23-20(25)17-4-5-18(22)19(9-17)28(26,27)24(2)3/h4-5,9,13-16H,6-8,10-12H2,1-3H3,(H,23,25). The van der Waals surface area contributed by atoms with E-state index in [0.717, 1.165) is 22.1 Å². The number of halogens is 1. The van der Waals surface area contributed by atoms with Crippen molar-refractivity contribution < 1.29 is 13.2 Å². The molecule has 5 nitrogen and oxygen atoms in total. The summed E-state index contributed by atoms with van der Waals surface area (Å²) >= 11 is 3.30. The number of nitrogens with one attached hydrogen (secondary N) is 1. The molecule has 4 saturated carbocycles. The molecule has 28 heavy (non-hydrogen) atoms. The third-order valence-electron chi connectivity index (χ3n) is 7.30. The van der Waals surface area contributed by atoms with E-state index in [-0.39, 0.29) is 22.3 Å². The van der Waals surface area contributed by atoms with Crippen LogP contribution in [0.4, 0.5) is 0 Å². The maximum absolute atomic E-state index is 13.0. The Labute approximate surface area is 176 Å². The van der Waals surface area contributed by atoms with Gasteiger partial charge in [0.25, 0.3) is 5.91 Å². The Bertz CT molecular complexity index is 862. The van der Waals surface area contributed by atoms with Gasteiger partial charge in [0.15, 0.2) is 0 Å². The van der Waals surface area contributed by atoms with Crippen LogP contribution in [0, 0.1) is 23.2 Å². The minimum absolute atomic E-state index is 0.103. The third kappa shape index (κ3) is 3.43. The SMILES string of the molecule is CC(NC(=O)c1ccc(Br)c(S(=O)(=O)N(C)C)c1)C12CC3CC(CC(C3)C1)C2. The van der Waals surface area contributed by atoms with Gasteiger partial charge in [-0.05, 0) is 103 Å². The Hall–Kier alpha value is -0.920.